The monoisotopic (exact) mass is 340 g/mol. The Morgan fingerprint density at radius 2 is 1.50 bits per heavy atom. The predicted molar refractivity (Wildman–Crippen MR) is 97.2 cm³/mol. The smallest absolute Gasteiger partial charge is 0.303 e. The topological polar surface area (TPSA) is 70.1 Å². The zero-order chi connectivity index (χ0) is 17.5. The van der Waals surface area contributed by atoms with E-state index in [9.17, 15) is 4.79 Å². The minimum Gasteiger partial charge on any atom is -0.481 e. The van der Waals surface area contributed by atoms with Gasteiger partial charge >= 0.3 is 5.97 Å². The molecule has 140 valence electrons. The fourth-order valence-electron chi connectivity index (χ4n) is 3.05. The van der Waals surface area contributed by atoms with Gasteiger partial charge in [-0.25, -0.2) is 0 Å². The van der Waals surface area contributed by atoms with Crippen LogP contribution < -0.4 is 0 Å². The largest absolute Gasteiger partial charge is 0.481 e. The molecule has 1 rings (SSSR count). The van der Waals surface area contributed by atoms with Crippen LogP contribution in [0.5, 0.6) is 0 Å². The van der Waals surface area contributed by atoms with E-state index in [1.165, 1.54) is 32.1 Å². The summed E-state index contributed by atoms with van der Waals surface area (Å²) in [6.07, 6.45) is 20.4. The predicted octanol–water partition coefficient (Wildman–Crippen LogP) is 4.85. The second-order valence-corrected chi connectivity index (χ2v) is 6.90. The van der Waals surface area contributed by atoms with E-state index in [4.69, 9.17) is 14.9 Å². The van der Waals surface area contributed by atoms with E-state index in [0.29, 0.717) is 25.2 Å². The molecule has 0 aliphatic carbocycles. The number of aliphatic hydroxyl groups excluding tert-OH is 1. The van der Waals surface area contributed by atoms with E-state index in [0.717, 1.165) is 51.4 Å². The minimum absolute atomic E-state index is 0.304. The van der Waals surface area contributed by atoms with Gasteiger partial charge in [-0.15, -0.1) is 0 Å². The average molecular weight is 341 g/mol. The van der Waals surface area contributed by atoms with E-state index in [-0.39, 0.29) is 0 Å². The van der Waals surface area contributed by atoms with Crippen molar-refractivity contribution in [3.8, 4) is 0 Å². The zero-order valence-corrected chi connectivity index (χ0v) is 15.1. The number of epoxide rings is 1. The maximum Gasteiger partial charge on any atom is 0.303 e. The summed E-state index contributed by atoms with van der Waals surface area (Å²) in [4.78, 5) is 10.4. The fraction of sp³-hybridized carbons (Fsp3) is 0.850. The number of hydrogen-bond acceptors (Lipinski definition) is 3. The van der Waals surface area contributed by atoms with Crippen LogP contribution in [0, 0.1) is 0 Å². The van der Waals surface area contributed by atoms with Crippen molar-refractivity contribution in [2.75, 3.05) is 6.61 Å². The molecule has 1 fully saturated rings. The number of rotatable bonds is 17. The number of carboxylic acid groups (broad SMARTS) is 1. The van der Waals surface area contributed by atoms with Crippen LogP contribution >= 0.6 is 0 Å². The number of carbonyl (C=O) groups is 1. The molecule has 0 aromatic rings. The second kappa shape index (κ2) is 14.5. The van der Waals surface area contributed by atoms with Crippen molar-refractivity contribution in [1.29, 1.82) is 0 Å². The van der Waals surface area contributed by atoms with E-state index in [1.54, 1.807) is 0 Å². The van der Waals surface area contributed by atoms with Gasteiger partial charge in [0.1, 0.15) is 0 Å². The summed E-state index contributed by atoms with van der Waals surface area (Å²) in [5.74, 6) is -0.685. The van der Waals surface area contributed by atoms with Gasteiger partial charge in [-0.1, -0.05) is 57.1 Å². The van der Waals surface area contributed by atoms with Crippen LogP contribution in [0.3, 0.4) is 0 Å². The molecule has 0 radical (unpaired) electrons. The first kappa shape index (κ1) is 21.2. The van der Waals surface area contributed by atoms with Crippen molar-refractivity contribution >= 4 is 5.97 Å². The van der Waals surface area contributed by atoms with Crippen molar-refractivity contribution in [3.63, 3.8) is 0 Å². The summed E-state index contributed by atoms with van der Waals surface area (Å²) < 4.78 is 5.70. The highest BCUT2D eigenvalue weighted by Gasteiger charge is 2.36. The Bertz CT molecular complexity index is 341. The van der Waals surface area contributed by atoms with Crippen molar-refractivity contribution in [2.45, 2.75) is 102 Å². The van der Waals surface area contributed by atoms with Gasteiger partial charge in [-0.3, -0.25) is 4.79 Å². The van der Waals surface area contributed by atoms with Gasteiger partial charge < -0.3 is 14.9 Å². The molecular formula is C20H36O4. The van der Waals surface area contributed by atoms with Crippen LogP contribution in [0.15, 0.2) is 12.2 Å². The number of ether oxygens (including phenoxy) is 1. The molecule has 24 heavy (non-hydrogen) atoms. The molecule has 0 spiro atoms. The molecule has 1 aliphatic heterocycles. The summed E-state index contributed by atoms with van der Waals surface area (Å²) in [6, 6.07) is 0. The molecule has 1 saturated heterocycles. The quantitative estimate of drug-likeness (QED) is 0.226. The van der Waals surface area contributed by atoms with Gasteiger partial charge in [0.15, 0.2) is 0 Å². The molecule has 1 aliphatic rings. The molecular weight excluding hydrogens is 304 g/mol. The summed E-state index contributed by atoms with van der Waals surface area (Å²) in [7, 11) is 0. The normalized spacial score (nSPS) is 19.9. The van der Waals surface area contributed by atoms with Gasteiger partial charge in [0.25, 0.3) is 0 Å². The van der Waals surface area contributed by atoms with Crippen LogP contribution in [0.2, 0.25) is 0 Å². The summed E-state index contributed by atoms with van der Waals surface area (Å²) in [5.41, 5.74) is 0. The molecule has 2 N–H and O–H groups in total. The zero-order valence-electron chi connectivity index (χ0n) is 15.1. The van der Waals surface area contributed by atoms with E-state index in [2.05, 4.69) is 12.2 Å². The lowest BCUT2D eigenvalue weighted by Gasteiger charge is -1.99. The van der Waals surface area contributed by atoms with Crippen LogP contribution in [-0.2, 0) is 9.53 Å². The average Bonchev–Trinajstić information content (AvgIpc) is 3.30. The molecule has 0 amide bonds. The summed E-state index contributed by atoms with van der Waals surface area (Å²) in [5, 5.41) is 17.3. The number of hydrogen-bond donors (Lipinski definition) is 2. The maximum absolute atomic E-state index is 10.4. The highest BCUT2D eigenvalue weighted by Crippen LogP contribution is 2.30. The van der Waals surface area contributed by atoms with Gasteiger partial charge in [0.05, 0.1) is 12.2 Å². The first-order valence-corrected chi connectivity index (χ1v) is 9.87. The van der Waals surface area contributed by atoms with E-state index in [1.807, 2.05) is 0 Å². The SMILES string of the molecule is O=C(O)CCCCCC/C=C\CC1OC1CCCCCCCCO. The van der Waals surface area contributed by atoms with Gasteiger partial charge in [0, 0.05) is 13.0 Å². The molecule has 0 bridgehead atoms. The Balaban J connectivity index is 1.80. The summed E-state index contributed by atoms with van der Waals surface area (Å²) in [6.45, 7) is 0.329. The van der Waals surface area contributed by atoms with Crippen molar-refractivity contribution in [2.24, 2.45) is 0 Å². The molecule has 1 heterocycles. The van der Waals surface area contributed by atoms with Crippen LogP contribution in [0.4, 0.5) is 0 Å². The number of unbranched alkanes of at least 4 members (excludes halogenated alkanes) is 9. The minimum atomic E-state index is -0.685. The number of carboxylic acids is 1. The van der Waals surface area contributed by atoms with Crippen LogP contribution in [0.1, 0.15) is 89.9 Å². The highest BCUT2D eigenvalue weighted by atomic mass is 16.6. The molecule has 0 saturated carbocycles. The molecule has 0 aromatic carbocycles. The molecule has 2 unspecified atom stereocenters. The Morgan fingerprint density at radius 1 is 0.833 bits per heavy atom. The third kappa shape index (κ3) is 12.5. The van der Waals surface area contributed by atoms with E-state index >= 15 is 0 Å². The summed E-state index contributed by atoms with van der Waals surface area (Å²) >= 11 is 0. The third-order valence-electron chi connectivity index (χ3n) is 4.63. The number of aliphatic hydroxyl groups is 1. The van der Waals surface area contributed by atoms with Crippen molar-refractivity contribution < 1.29 is 19.7 Å². The van der Waals surface area contributed by atoms with Crippen LogP contribution in [0.25, 0.3) is 0 Å². The first-order valence-electron chi connectivity index (χ1n) is 9.87. The molecule has 0 aromatic heterocycles. The van der Waals surface area contributed by atoms with Gasteiger partial charge in [-0.2, -0.15) is 0 Å². The Morgan fingerprint density at radius 3 is 2.25 bits per heavy atom. The highest BCUT2D eigenvalue weighted by molar-refractivity contribution is 5.66. The lowest BCUT2D eigenvalue weighted by Crippen LogP contribution is -1.93. The Kier molecular flexibility index (Phi) is 12.8. The molecule has 4 nitrogen and oxygen atoms in total. The Labute approximate surface area is 147 Å². The van der Waals surface area contributed by atoms with Crippen molar-refractivity contribution in [1.82, 2.24) is 0 Å². The van der Waals surface area contributed by atoms with Gasteiger partial charge in [0.2, 0.25) is 0 Å². The van der Waals surface area contributed by atoms with Crippen LogP contribution in [-0.4, -0.2) is 35.0 Å². The number of aliphatic carboxylic acids is 1. The Hall–Kier alpha value is -0.870. The fourth-order valence-corrected chi connectivity index (χ4v) is 3.05. The number of allylic oxidation sites excluding steroid dienone is 1. The molecule has 4 heteroatoms. The van der Waals surface area contributed by atoms with E-state index < -0.39 is 5.97 Å². The standard InChI is InChI=1S/C20H36O4/c21-17-13-9-5-4-7-11-15-19-18(24-19)14-10-6-2-1-3-8-12-16-20(22)23/h6,10,18-19,21H,1-5,7-9,11-17H2,(H,22,23)/b10-6-. The lowest BCUT2D eigenvalue weighted by molar-refractivity contribution is -0.137. The molecule has 2 atom stereocenters. The van der Waals surface area contributed by atoms with Gasteiger partial charge in [-0.05, 0) is 38.5 Å². The first-order chi connectivity index (χ1) is 11.7. The second-order valence-electron chi connectivity index (χ2n) is 6.90. The maximum atomic E-state index is 10.4. The third-order valence-corrected chi connectivity index (χ3v) is 4.63. The van der Waals surface area contributed by atoms with Crippen molar-refractivity contribution in [3.05, 3.63) is 12.2 Å². The lowest BCUT2D eigenvalue weighted by atomic mass is 10.1.